The van der Waals surface area contributed by atoms with E-state index in [1.54, 1.807) is 0 Å². The molecule has 104 valence electrons. The van der Waals surface area contributed by atoms with Crippen LogP contribution in [-0.4, -0.2) is 12.5 Å². The number of halogens is 1. The normalized spacial score (nSPS) is 10.1. The molecule has 0 aliphatic heterocycles. The minimum atomic E-state index is -0.0226. The highest BCUT2D eigenvalue weighted by Crippen LogP contribution is 2.20. The van der Waals surface area contributed by atoms with Gasteiger partial charge in [0.1, 0.15) is 0 Å². The molecular formula is C16H17BrN2O. The summed E-state index contributed by atoms with van der Waals surface area (Å²) in [6, 6.07) is 15.8. The predicted octanol–water partition coefficient (Wildman–Crippen LogP) is 3.49. The molecular weight excluding hydrogens is 316 g/mol. The first kappa shape index (κ1) is 14.6. The quantitative estimate of drug-likeness (QED) is 0.879. The van der Waals surface area contributed by atoms with Crippen molar-refractivity contribution < 1.29 is 4.79 Å². The topological polar surface area (TPSA) is 41.1 Å². The van der Waals surface area contributed by atoms with E-state index in [4.69, 9.17) is 0 Å². The van der Waals surface area contributed by atoms with Gasteiger partial charge in [-0.15, -0.1) is 0 Å². The zero-order valence-corrected chi connectivity index (χ0v) is 12.9. The molecule has 0 aromatic heterocycles. The van der Waals surface area contributed by atoms with Gasteiger partial charge in [0.2, 0.25) is 5.91 Å². The summed E-state index contributed by atoms with van der Waals surface area (Å²) in [6.45, 7) is 2.85. The molecule has 0 unspecified atom stereocenters. The van der Waals surface area contributed by atoms with Gasteiger partial charge in [-0.2, -0.15) is 0 Å². The Morgan fingerprint density at radius 3 is 2.60 bits per heavy atom. The van der Waals surface area contributed by atoms with E-state index >= 15 is 0 Å². The predicted molar refractivity (Wildman–Crippen MR) is 85.7 cm³/mol. The molecule has 2 rings (SSSR count). The number of hydrogen-bond donors (Lipinski definition) is 2. The molecule has 0 atom stereocenters. The lowest BCUT2D eigenvalue weighted by Gasteiger charge is -2.09. The van der Waals surface area contributed by atoms with E-state index < -0.39 is 0 Å². The molecule has 2 aromatic carbocycles. The van der Waals surface area contributed by atoms with E-state index in [9.17, 15) is 4.79 Å². The van der Waals surface area contributed by atoms with Crippen molar-refractivity contribution in [2.45, 2.75) is 13.5 Å². The molecule has 0 radical (unpaired) electrons. The lowest BCUT2D eigenvalue weighted by atomic mass is 10.2. The fourth-order valence-corrected chi connectivity index (χ4v) is 2.12. The van der Waals surface area contributed by atoms with Crippen LogP contribution in [0.4, 0.5) is 5.69 Å². The Morgan fingerprint density at radius 1 is 1.15 bits per heavy atom. The minimum Gasteiger partial charge on any atom is -0.376 e. The van der Waals surface area contributed by atoms with Gasteiger partial charge >= 0.3 is 0 Å². The fraction of sp³-hybridized carbons (Fsp3) is 0.188. The van der Waals surface area contributed by atoms with Crippen LogP contribution in [0.2, 0.25) is 0 Å². The Balaban J connectivity index is 1.79. The van der Waals surface area contributed by atoms with E-state index in [1.165, 1.54) is 5.56 Å². The maximum absolute atomic E-state index is 11.8. The molecule has 4 heteroatoms. The van der Waals surface area contributed by atoms with Crippen molar-refractivity contribution >= 4 is 27.5 Å². The van der Waals surface area contributed by atoms with Gasteiger partial charge in [0.05, 0.1) is 6.54 Å². The molecule has 3 nitrogen and oxygen atoms in total. The van der Waals surface area contributed by atoms with E-state index in [0.29, 0.717) is 6.54 Å². The molecule has 0 spiro atoms. The van der Waals surface area contributed by atoms with Crippen LogP contribution >= 0.6 is 15.9 Å². The molecule has 0 fully saturated rings. The number of hydrogen-bond acceptors (Lipinski definition) is 2. The smallest absolute Gasteiger partial charge is 0.239 e. The van der Waals surface area contributed by atoms with Crippen molar-refractivity contribution in [1.29, 1.82) is 0 Å². The number of carbonyl (C=O) groups is 1. The largest absolute Gasteiger partial charge is 0.376 e. The van der Waals surface area contributed by atoms with Crippen molar-refractivity contribution in [2.24, 2.45) is 0 Å². The standard InChI is InChI=1S/C16H17BrN2O/c1-12-7-8-14(9-15(12)17)18-11-16(20)19-10-13-5-3-2-4-6-13/h2-9,18H,10-11H2,1H3,(H,19,20). The third-order valence-corrected chi connectivity index (χ3v) is 3.81. The molecule has 0 bridgehead atoms. The minimum absolute atomic E-state index is 0.0226. The number of aryl methyl sites for hydroxylation is 1. The van der Waals surface area contributed by atoms with Crippen molar-refractivity contribution in [1.82, 2.24) is 5.32 Å². The van der Waals surface area contributed by atoms with Gasteiger partial charge < -0.3 is 10.6 Å². The molecule has 0 aliphatic rings. The number of amides is 1. The monoisotopic (exact) mass is 332 g/mol. The Bertz CT molecular complexity index is 584. The summed E-state index contributed by atoms with van der Waals surface area (Å²) in [6.07, 6.45) is 0. The van der Waals surface area contributed by atoms with Crippen LogP contribution in [0.5, 0.6) is 0 Å². The second-order valence-corrected chi connectivity index (χ2v) is 5.43. The molecule has 20 heavy (non-hydrogen) atoms. The first-order valence-electron chi connectivity index (χ1n) is 6.46. The SMILES string of the molecule is Cc1ccc(NCC(=O)NCc2ccccc2)cc1Br. The van der Waals surface area contributed by atoms with Crippen LogP contribution < -0.4 is 10.6 Å². The molecule has 2 aromatic rings. The lowest BCUT2D eigenvalue weighted by molar-refractivity contribution is -0.119. The summed E-state index contributed by atoms with van der Waals surface area (Å²) in [5.41, 5.74) is 3.19. The van der Waals surface area contributed by atoms with E-state index in [0.717, 1.165) is 15.7 Å². The van der Waals surface area contributed by atoms with Crippen molar-refractivity contribution in [2.75, 3.05) is 11.9 Å². The summed E-state index contributed by atoms with van der Waals surface area (Å²) in [5, 5.41) is 5.99. The molecule has 2 N–H and O–H groups in total. The second-order valence-electron chi connectivity index (χ2n) is 4.58. The van der Waals surface area contributed by atoms with Gasteiger partial charge in [0.25, 0.3) is 0 Å². The second kappa shape index (κ2) is 7.10. The first-order valence-corrected chi connectivity index (χ1v) is 7.25. The number of benzene rings is 2. The van der Waals surface area contributed by atoms with Gasteiger partial charge in [-0.25, -0.2) is 0 Å². The van der Waals surface area contributed by atoms with Crippen molar-refractivity contribution in [3.63, 3.8) is 0 Å². The van der Waals surface area contributed by atoms with Crippen molar-refractivity contribution in [3.05, 3.63) is 64.1 Å². The highest BCUT2D eigenvalue weighted by atomic mass is 79.9. The summed E-state index contributed by atoms with van der Waals surface area (Å²) in [5.74, 6) is -0.0226. The maximum atomic E-state index is 11.8. The van der Waals surface area contributed by atoms with Crippen LogP contribution in [0.3, 0.4) is 0 Å². The number of rotatable bonds is 5. The van der Waals surface area contributed by atoms with E-state index in [-0.39, 0.29) is 12.5 Å². The number of anilines is 1. The highest BCUT2D eigenvalue weighted by molar-refractivity contribution is 9.10. The van der Waals surface area contributed by atoms with Crippen LogP contribution in [0.25, 0.3) is 0 Å². The van der Waals surface area contributed by atoms with Crippen molar-refractivity contribution in [3.8, 4) is 0 Å². The highest BCUT2D eigenvalue weighted by Gasteiger charge is 2.02. The Morgan fingerprint density at radius 2 is 1.90 bits per heavy atom. The van der Waals surface area contributed by atoms with E-state index in [2.05, 4.69) is 26.6 Å². The van der Waals surface area contributed by atoms with E-state index in [1.807, 2.05) is 55.5 Å². The first-order chi connectivity index (χ1) is 9.65. The third-order valence-electron chi connectivity index (χ3n) is 2.96. The Labute approximate surface area is 127 Å². The molecule has 0 aliphatic carbocycles. The summed E-state index contributed by atoms with van der Waals surface area (Å²) in [7, 11) is 0. The van der Waals surface area contributed by atoms with Crippen LogP contribution in [0.15, 0.2) is 53.0 Å². The fourth-order valence-electron chi connectivity index (χ4n) is 1.74. The maximum Gasteiger partial charge on any atom is 0.239 e. The van der Waals surface area contributed by atoms with Gasteiger partial charge in [-0.05, 0) is 30.2 Å². The summed E-state index contributed by atoms with van der Waals surface area (Å²) < 4.78 is 1.03. The number of carbonyl (C=O) groups excluding carboxylic acids is 1. The summed E-state index contributed by atoms with van der Waals surface area (Å²) >= 11 is 3.47. The molecule has 0 saturated carbocycles. The zero-order chi connectivity index (χ0) is 14.4. The van der Waals surface area contributed by atoms with Gasteiger partial charge in [-0.1, -0.05) is 52.3 Å². The Hall–Kier alpha value is -1.81. The molecule has 0 heterocycles. The van der Waals surface area contributed by atoms with Crippen LogP contribution in [0, 0.1) is 6.92 Å². The third kappa shape index (κ3) is 4.38. The van der Waals surface area contributed by atoms with Crippen LogP contribution in [-0.2, 0) is 11.3 Å². The average Bonchev–Trinajstić information content (AvgIpc) is 2.47. The summed E-state index contributed by atoms with van der Waals surface area (Å²) in [4.78, 5) is 11.8. The zero-order valence-electron chi connectivity index (χ0n) is 11.3. The number of nitrogens with one attached hydrogen (secondary N) is 2. The molecule has 0 saturated heterocycles. The van der Waals surface area contributed by atoms with Crippen LogP contribution in [0.1, 0.15) is 11.1 Å². The lowest BCUT2D eigenvalue weighted by Crippen LogP contribution is -2.29. The van der Waals surface area contributed by atoms with Gasteiger partial charge in [0.15, 0.2) is 0 Å². The van der Waals surface area contributed by atoms with Gasteiger partial charge in [0, 0.05) is 16.7 Å². The average molecular weight is 333 g/mol. The molecule has 1 amide bonds. The Kier molecular flexibility index (Phi) is 5.18. The van der Waals surface area contributed by atoms with Gasteiger partial charge in [-0.3, -0.25) is 4.79 Å².